The maximum Gasteiger partial charge on any atom is 0.216 e. The van der Waals surface area contributed by atoms with Gasteiger partial charge in [-0.2, -0.15) is 0 Å². The first-order chi connectivity index (χ1) is 8.09. The minimum Gasteiger partial charge on any atom is -0.377 e. The summed E-state index contributed by atoms with van der Waals surface area (Å²) >= 11 is 0. The fourth-order valence-corrected chi connectivity index (χ4v) is 4.16. The van der Waals surface area contributed by atoms with E-state index in [9.17, 15) is 8.42 Å². The third kappa shape index (κ3) is 3.40. The van der Waals surface area contributed by atoms with Gasteiger partial charge in [0.25, 0.3) is 0 Å². The van der Waals surface area contributed by atoms with Gasteiger partial charge in [0.15, 0.2) is 0 Å². The van der Waals surface area contributed by atoms with Crippen molar-refractivity contribution < 1.29 is 13.2 Å². The minimum absolute atomic E-state index is 0.0934. The Kier molecular flexibility index (Phi) is 4.41. The number of hydrogen-bond acceptors (Lipinski definition) is 4. The molecule has 0 radical (unpaired) electrons. The van der Waals surface area contributed by atoms with Gasteiger partial charge in [-0.25, -0.2) is 12.7 Å². The lowest BCUT2D eigenvalue weighted by molar-refractivity contribution is 0.126. The van der Waals surface area contributed by atoms with Gasteiger partial charge in [-0.05, 0) is 38.8 Å². The predicted octanol–water partition coefficient (Wildman–Crippen LogP) is 0.179. The van der Waals surface area contributed by atoms with Crippen LogP contribution in [0.3, 0.4) is 0 Å². The molecule has 2 rings (SSSR count). The Morgan fingerprint density at radius 3 is 2.59 bits per heavy atom. The van der Waals surface area contributed by atoms with Crippen LogP contribution in [0.2, 0.25) is 0 Å². The number of nitrogens with zero attached hydrogens (tertiary/aromatic N) is 1. The maximum absolute atomic E-state index is 12.2. The van der Waals surface area contributed by atoms with Crippen molar-refractivity contribution in [3.8, 4) is 0 Å². The highest BCUT2D eigenvalue weighted by molar-refractivity contribution is 7.89. The lowest BCUT2D eigenvalue weighted by Gasteiger charge is -2.31. The Morgan fingerprint density at radius 2 is 2.00 bits per heavy atom. The molecule has 0 aliphatic carbocycles. The van der Waals surface area contributed by atoms with Crippen molar-refractivity contribution in [3.63, 3.8) is 0 Å². The van der Waals surface area contributed by atoms with Crippen LogP contribution in [0.4, 0.5) is 0 Å². The van der Waals surface area contributed by atoms with Gasteiger partial charge in [0.1, 0.15) is 0 Å². The Bertz CT molecular complexity index is 333. The smallest absolute Gasteiger partial charge is 0.216 e. The standard InChI is InChI=1S/C11H22N2O3S/c1-13(10-4-6-12-7-5-10)17(14,15)9-11-3-2-8-16-11/h10-12H,2-9H2,1H3. The summed E-state index contributed by atoms with van der Waals surface area (Å²) in [5.41, 5.74) is 0. The third-order valence-electron chi connectivity index (χ3n) is 3.68. The van der Waals surface area contributed by atoms with E-state index >= 15 is 0 Å². The van der Waals surface area contributed by atoms with E-state index in [0.717, 1.165) is 38.8 Å². The van der Waals surface area contributed by atoms with Crippen LogP contribution in [0.15, 0.2) is 0 Å². The Balaban J connectivity index is 1.93. The molecule has 2 aliphatic rings. The summed E-state index contributed by atoms with van der Waals surface area (Å²) in [5, 5.41) is 3.25. The quantitative estimate of drug-likeness (QED) is 0.785. The molecule has 1 N–H and O–H groups in total. The SMILES string of the molecule is CN(C1CCNCC1)S(=O)(=O)CC1CCCO1. The number of rotatable bonds is 4. The number of sulfonamides is 1. The van der Waals surface area contributed by atoms with Crippen LogP contribution in [-0.4, -0.2) is 57.4 Å². The first-order valence-electron chi connectivity index (χ1n) is 6.37. The molecule has 100 valence electrons. The monoisotopic (exact) mass is 262 g/mol. The normalized spacial score (nSPS) is 27.8. The van der Waals surface area contributed by atoms with Gasteiger partial charge in [0.2, 0.25) is 10.0 Å². The highest BCUT2D eigenvalue weighted by Gasteiger charge is 2.31. The van der Waals surface area contributed by atoms with Gasteiger partial charge in [0, 0.05) is 19.7 Å². The van der Waals surface area contributed by atoms with Gasteiger partial charge >= 0.3 is 0 Å². The molecule has 2 saturated heterocycles. The van der Waals surface area contributed by atoms with E-state index in [-0.39, 0.29) is 17.9 Å². The predicted molar refractivity (Wildman–Crippen MR) is 66.4 cm³/mol. The molecule has 6 heteroatoms. The van der Waals surface area contributed by atoms with Crippen molar-refractivity contribution in [1.29, 1.82) is 0 Å². The van der Waals surface area contributed by atoms with Gasteiger partial charge in [-0.1, -0.05) is 0 Å². The molecule has 2 fully saturated rings. The number of ether oxygens (including phenoxy) is 1. The average molecular weight is 262 g/mol. The van der Waals surface area contributed by atoms with Gasteiger partial charge < -0.3 is 10.1 Å². The molecule has 0 saturated carbocycles. The summed E-state index contributed by atoms with van der Waals surface area (Å²) in [6, 6.07) is 0.155. The second-order valence-electron chi connectivity index (χ2n) is 4.91. The summed E-state index contributed by atoms with van der Waals surface area (Å²) in [6.45, 7) is 2.52. The van der Waals surface area contributed by atoms with E-state index in [1.807, 2.05) is 0 Å². The van der Waals surface area contributed by atoms with Crippen LogP contribution >= 0.6 is 0 Å². The zero-order valence-corrected chi connectivity index (χ0v) is 11.2. The Labute approximate surface area is 104 Å². The van der Waals surface area contributed by atoms with Crippen molar-refractivity contribution in [2.45, 2.75) is 37.8 Å². The van der Waals surface area contributed by atoms with E-state index in [4.69, 9.17) is 4.74 Å². The highest BCUT2D eigenvalue weighted by atomic mass is 32.2. The van der Waals surface area contributed by atoms with Crippen LogP contribution in [-0.2, 0) is 14.8 Å². The van der Waals surface area contributed by atoms with E-state index in [1.165, 1.54) is 0 Å². The first kappa shape index (κ1) is 13.3. The number of piperidine rings is 1. The molecule has 17 heavy (non-hydrogen) atoms. The van der Waals surface area contributed by atoms with E-state index in [1.54, 1.807) is 11.4 Å². The largest absolute Gasteiger partial charge is 0.377 e. The zero-order chi connectivity index (χ0) is 12.3. The van der Waals surface area contributed by atoms with Crippen LogP contribution in [0.1, 0.15) is 25.7 Å². The molecule has 1 unspecified atom stereocenters. The minimum atomic E-state index is -3.16. The van der Waals surface area contributed by atoms with E-state index < -0.39 is 10.0 Å². The number of nitrogens with one attached hydrogen (secondary N) is 1. The molecule has 0 spiro atoms. The van der Waals surface area contributed by atoms with Gasteiger partial charge in [-0.15, -0.1) is 0 Å². The molecule has 0 bridgehead atoms. The summed E-state index contributed by atoms with van der Waals surface area (Å²) in [7, 11) is -1.45. The number of hydrogen-bond donors (Lipinski definition) is 1. The molecule has 5 nitrogen and oxygen atoms in total. The molecule has 1 atom stereocenters. The topological polar surface area (TPSA) is 58.6 Å². The summed E-state index contributed by atoms with van der Waals surface area (Å²) in [6.07, 6.45) is 3.57. The molecule has 0 aromatic rings. The van der Waals surface area contributed by atoms with Crippen molar-refractivity contribution >= 4 is 10.0 Å². The summed E-state index contributed by atoms with van der Waals surface area (Å²) < 4.78 is 31.4. The molecular formula is C11H22N2O3S. The molecule has 2 heterocycles. The lowest BCUT2D eigenvalue weighted by Crippen LogP contribution is -2.45. The van der Waals surface area contributed by atoms with Crippen molar-refractivity contribution in [2.75, 3.05) is 32.5 Å². The van der Waals surface area contributed by atoms with Crippen LogP contribution in [0.25, 0.3) is 0 Å². The fraction of sp³-hybridized carbons (Fsp3) is 1.00. The summed E-state index contributed by atoms with van der Waals surface area (Å²) in [4.78, 5) is 0. The molecule has 0 aromatic heterocycles. The van der Waals surface area contributed by atoms with Crippen molar-refractivity contribution in [3.05, 3.63) is 0 Å². The van der Waals surface area contributed by atoms with Crippen molar-refractivity contribution in [1.82, 2.24) is 9.62 Å². The fourth-order valence-electron chi connectivity index (χ4n) is 2.53. The van der Waals surface area contributed by atoms with Crippen LogP contribution < -0.4 is 5.32 Å². The molecule has 0 aromatic carbocycles. The molecule has 0 amide bonds. The average Bonchev–Trinajstić information content (AvgIpc) is 2.81. The van der Waals surface area contributed by atoms with Crippen LogP contribution in [0.5, 0.6) is 0 Å². The highest BCUT2D eigenvalue weighted by Crippen LogP contribution is 2.19. The molecule has 2 aliphatic heterocycles. The Hall–Kier alpha value is -0.170. The lowest BCUT2D eigenvalue weighted by atomic mass is 10.1. The van der Waals surface area contributed by atoms with Gasteiger partial charge in [0.05, 0.1) is 11.9 Å². The summed E-state index contributed by atoms with van der Waals surface area (Å²) in [5.74, 6) is 0.146. The van der Waals surface area contributed by atoms with E-state index in [2.05, 4.69) is 5.32 Å². The maximum atomic E-state index is 12.2. The second-order valence-corrected chi connectivity index (χ2v) is 6.98. The van der Waals surface area contributed by atoms with Crippen LogP contribution in [0, 0.1) is 0 Å². The van der Waals surface area contributed by atoms with Gasteiger partial charge in [-0.3, -0.25) is 0 Å². The third-order valence-corrected chi connectivity index (χ3v) is 5.65. The van der Waals surface area contributed by atoms with Crippen molar-refractivity contribution in [2.24, 2.45) is 0 Å². The molecular weight excluding hydrogens is 240 g/mol. The van der Waals surface area contributed by atoms with E-state index in [0.29, 0.717) is 6.61 Å². The Morgan fingerprint density at radius 1 is 1.29 bits per heavy atom. The first-order valence-corrected chi connectivity index (χ1v) is 7.98. The second kappa shape index (κ2) is 5.65. The zero-order valence-electron chi connectivity index (χ0n) is 10.4.